The van der Waals surface area contributed by atoms with Gasteiger partial charge in [-0.25, -0.2) is 0 Å². The average molecular weight is 470 g/mol. The molecule has 0 spiro atoms. The molecular formula is C20H22BrClN2O2S. The van der Waals surface area contributed by atoms with E-state index >= 15 is 0 Å². The fourth-order valence-corrected chi connectivity index (χ4v) is 3.85. The first kappa shape index (κ1) is 21.8. The molecule has 0 aliphatic carbocycles. The highest BCUT2D eigenvalue weighted by Crippen LogP contribution is 2.21. The molecule has 0 heterocycles. The molecule has 0 saturated carbocycles. The van der Waals surface area contributed by atoms with Gasteiger partial charge in [0.1, 0.15) is 6.04 Å². The van der Waals surface area contributed by atoms with Crippen molar-refractivity contribution in [3.8, 4) is 0 Å². The predicted octanol–water partition coefficient (Wildman–Crippen LogP) is 4.50. The van der Waals surface area contributed by atoms with E-state index in [-0.39, 0.29) is 11.8 Å². The zero-order chi connectivity index (χ0) is 19.8. The van der Waals surface area contributed by atoms with Gasteiger partial charge in [-0.3, -0.25) is 9.59 Å². The van der Waals surface area contributed by atoms with Crippen LogP contribution >= 0.6 is 39.3 Å². The largest absolute Gasteiger partial charge is 0.357 e. The summed E-state index contributed by atoms with van der Waals surface area (Å²) in [6.45, 7) is 2.03. The molecule has 0 saturated heterocycles. The number of carbonyl (C=O) groups is 2. The lowest BCUT2D eigenvalue weighted by atomic mass is 10.1. The lowest BCUT2D eigenvalue weighted by molar-refractivity contribution is -0.138. The third kappa shape index (κ3) is 6.55. The molecule has 7 heteroatoms. The molecule has 0 unspecified atom stereocenters. The van der Waals surface area contributed by atoms with Gasteiger partial charge in [-0.1, -0.05) is 57.9 Å². The maximum Gasteiger partial charge on any atom is 0.242 e. The van der Waals surface area contributed by atoms with Gasteiger partial charge in [-0.2, -0.15) is 0 Å². The van der Waals surface area contributed by atoms with Crippen molar-refractivity contribution in [3.05, 3.63) is 69.2 Å². The molecule has 144 valence electrons. The fraction of sp³-hybridized carbons (Fsp3) is 0.300. The molecule has 4 nitrogen and oxygen atoms in total. The van der Waals surface area contributed by atoms with E-state index in [2.05, 4.69) is 21.2 Å². The highest BCUT2D eigenvalue weighted by molar-refractivity contribution is 9.10. The first-order valence-electron chi connectivity index (χ1n) is 8.49. The summed E-state index contributed by atoms with van der Waals surface area (Å²) in [6.07, 6.45) is 0. The first-order valence-corrected chi connectivity index (χ1v) is 10.8. The van der Waals surface area contributed by atoms with E-state index in [1.165, 1.54) is 11.8 Å². The van der Waals surface area contributed by atoms with Crippen LogP contribution in [0.5, 0.6) is 0 Å². The van der Waals surface area contributed by atoms with Gasteiger partial charge in [0.15, 0.2) is 0 Å². The molecule has 2 aromatic rings. The smallest absolute Gasteiger partial charge is 0.242 e. The van der Waals surface area contributed by atoms with Gasteiger partial charge >= 0.3 is 0 Å². The molecule has 1 atom stereocenters. The molecule has 0 aliphatic heterocycles. The summed E-state index contributed by atoms with van der Waals surface area (Å²) in [5, 5.41) is 3.20. The van der Waals surface area contributed by atoms with Crippen LogP contribution in [0.25, 0.3) is 0 Å². The Bertz CT molecular complexity index is 786. The quantitative estimate of drug-likeness (QED) is 0.619. The first-order chi connectivity index (χ1) is 12.9. The molecule has 2 aromatic carbocycles. The van der Waals surface area contributed by atoms with Crippen molar-refractivity contribution < 1.29 is 9.59 Å². The zero-order valence-corrected chi connectivity index (χ0v) is 18.4. The average Bonchev–Trinajstić information content (AvgIpc) is 2.67. The van der Waals surface area contributed by atoms with Crippen LogP contribution in [0.3, 0.4) is 0 Å². The van der Waals surface area contributed by atoms with Crippen molar-refractivity contribution >= 4 is 51.1 Å². The maximum atomic E-state index is 12.8. The third-order valence-corrected chi connectivity index (χ3v) is 6.01. The minimum absolute atomic E-state index is 0.0897. The van der Waals surface area contributed by atoms with Crippen molar-refractivity contribution in [1.82, 2.24) is 10.2 Å². The standard InChI is InChI=1S/C20H22BrClN2O2S/c1-14(20(26)23-2)24(11-16-5-3-4-6-18(16)22)19(25)13-27-12-15-7-9-17(21)10-8-15/h3-10,14H,11-13H2,1-2H3,(H,23,26)/t14-/m1/s1. The summed E-state index contributed by atoms with van der Waals surface area (Å²) >= 11 is 11.2. The Morgan fingerprint density at radius 3 is 2.48 bits per heavy atom. The Morgan fingerprint density at radius 1 is 1.19 bits per heavy atom. The topological polar surface area (TPSA) is 49.4 Å². The highest BCUT2D eigenvalue weighted by atomic mass is 79.9. The lowest BCUT2D eigenvalue weighted by Crippen LogP contribution is -2.47. The number of benzene rings is 2. The van der Waals surface area contributed by atoms with Gasteiger partial charge in [0.25, 0.3) is 0 Å². The Morgan fingerprint density at radius 2 is 1.85 bits per heavy atom. The third-order valence-electron chi connectivity index (χ3n) is 4.12. The lowest BCUT2D eigenvalue weighted by Gasteiger charge is -2.28. The SMILES string of the molecule is CNC(=O)[C@@H](C)N(Cc1ccccc1Cl)C(=O)CSCc1ccc(Br)cc1. The van der Waals surface area contributed by atoms with Crippen LogP contribution in [0.15, 0.2) is 53.0 Å². The predicted molar refractivity (Wildman–Crippen MR) is 116 cm³/mol. The Hall–Kier alpha value is -1.50. The Labute approximate surface area is 177 Å². The summed E-state index contributed by atoms with van der Waals surface area (Å²) in [5.41, 5.74) is 1.97. The number of rotatable bonds is 8. The minimum atomic E-state index is -0.577. The fourth-order valence-electron chi connectivity index (χ4n) is 2.52. The van der Waals surface area contributed by atoms with E-state index < -0.39 is 6.04 Å². The van der Waals surface area contributed by atoms with Crippen LogP contribution in [-0.4, -0.2) is 35.6 Å². The second-order valence-electron chi connectivity index (χ2n) is 6.02. The van der Waals surface area contributed by atoms with Crippen LogP contribution in [0.4, 0.5) is 0 Å². The Balaban J connectivity index is 2.04. The molecule has 2 amide bonds. The van der Waals surface area contributed by atoms with Crippen LogP contribution in [-0.2, 0) is 21.9 Å². The summed E-state index contributed by atoms with van der Waals surface area (Å²) in [6, 6.07) is 14.8. The monoisotopic (exact) mass is 468 g/mol. The molecule has 0 bridgehead atoms. The van der Waals surface area contributed by atoms with Crippen molar-refractivity contribution in [3.63, 3.8) is 0 Å². The van der Waals surface area contributed by atoms with Gasteiger partial charge in [0.05, 0.1) is 5.75 Å². The molecule has 0 aromatic heterocycles. The second-order valence-corrected chi connectivity index (χ2v) is 8.33. The van der Waals surface area contributed by atoms with E-state index in [0.29, 0.717) is 17.3 Å². The number of likely N-dealkylation sites (N-methyl/N-ethyl adjacent to an activating group) is 1. The maximum absolute atomic E-state index is 12.8. The van der Waals surface area contributed by atoms with Gasteiger partial charge in [-0.15, -0.1) is 11.8 Å². The molecule has 0 fully saturated rings. The van der Waals surface area contributed by atoms with E-state index in [1.807, 2.05) is 42.5 Å². The van der Waals surface area contributed by atoms with E-state index in [9.17, 15) is 9.59 Å². The Kier molecular flexibility index (Phi) is 8.67. The van der Waals surface area contributed by atoms with E-state index in [1.54, 1.807) is 24.9 Å². The van der Waals surface area contributed by atoms with Crippen molar-refractivity contribution in [2.75, 3.05) is 12.8 Å². The number of nitrogens with one attached hydrogen (secondary N) is 1. The van der Waals surface area contributed by atoms with E-state index in [4.69, 9.17) is 11.6 Å². The van der Waals surface area contributed by atoms with Crippen molar-refractivity contribution in [2.45, 2.75) is 25.3 Å². The van der Waals surface area contributed by atoms with Crippen molar-refractivity contribution in [1.29, 1.82) is 0 Å². The number of amides is 2. The van der Waals surface area contributed by atoms with Gasteiger partial charge in [-0.05, 0) is 36.2 Å². The molecule has 0 aliphatic rings. The van der Waals surface area contributed by atoms with Crippen LogP contribution in [0, 0.1) is 0 Å². The number of carbonyl (C=O) groups excluding carboxylic acids is 2. The molecule has 0 radical (unpaired) electrons. The summed E-state index contributed by atoms with van der Waals surface area (Å²) in [7, 11) is 1.57. The summed E-state index contributed by atoms with van der Waals surface area (Å²) < 4.78 is 1.03. The van der Waals surface area contributed by atoms with Gasteiger partial charge in [0, 0.05) is 28.8 Å². The number of halogens is 2. The molecule has 27 heavy (non-hydrogen) atoms. The number of hydrogen-bond donors (Lipinski definition) is 1. The second kappa shape index (κ2) is 10.7. The number of nitrogens with zero attached hydrogens (tertiary/aromatic N) is 1. The van der Waals surface area contributed by atoms with Gasteiger partial charge < -0.3 is 10.2 Å². The number of hydrogen-bond acceptors (Lipinski definition) is 3. The van der Waals surface area contributed by atoms with Crippen LogP contribution < -0.4 is 5.32 Å². The summed E-state index contributed by atoms with van der Waals surface area (Å²) in [4.78, 5) is 26.5. The summed E-state index contributed by atoms with van der Waals surface area (Å²) in [5.74, 6) is 0.733. The van der Waals surface area contributed by atoms with Crippen LogP contribution in [0.2, 0.25) is 5.02 Å². The highest BCUT2D eigenvalue weighted by Gasteiger charge is 2.25. The van der Waals surface area contributed by atoms with Gasteiger partial charge in [0.2, 0.25) is 11.8 Å². The molecule has 1 N–H and O–H groups in total. The number of thioether (sulfide) groups is 1. The normalized spacial score (nSPS) is 11.7. The van der Waals surface area contributed by atoms with Crippen molar-refractivity contribution in [2.24, 2.45) is 0 Å². The zero-order valence-electron chi connectivity index (χ0n) is 15.2. The minimum Gasteiger partial charge on any atom is -0.357 e. The van der Waals surface area contributed by atoms with E-state index in [0.717, 1.165) is 21.4 Å². The van der Waals surface area contributed by atoms with Crippen LogP contribution in [0.1, 0.15) is 18.1 Å². The molecule has 2 rings (SSSR count). The molecular weight excluding hydrogens is 448 g/mol.